The van der Waals surface area contributed by atoms with Crippen molar-refractivity contribution in [2.24, 2.45) is 5.92 Å². The second-order valence-electron chi connectivity index (χ2n) is 6.50. The first-order valence-corrected chi connectivity index (χ1v) is 8.77. The van der Waals surface area contributed by atoms with E-state index in [4.69, 9.17) is 9.47 Å². The van der Waals surface area contributed by atoms with Crippen molar-refractivity contribution in [2.75, 3.05) is 26.8 Å². The number of ether oxygens (including phenoxy) is 2. The topological polar surface area (TPSA) is 50.8 Å². The van der Waals surface area contributed by atoms with E-state index in [9.17, 15) is 4.79 Å². The normalized spacial score (nSPS) is 20.9. The Labute approximate surface area is 145 Å². The predicted octanol–water partition coefficient (Wildman–Crippen LogP) is 2.58. The summed E-state index contributed by atoms with van der Waals surface area (Å²) in [6, 6.07) is 6.69. The van der Waals surface area contributed by atoms with Crippen LogP contribution in [0.4, 0.5) is 0 Å². The number of hydrogen-bond donors (Lipinski definition) is 1. The lowest BCUT2D eigenvalue weighted by Crippen LogP contribution is -2.49. The molecule has 0 unspecified atom stereocenters. The molecule has 0 aliphatic carbocycles. The van der Waals surface area contributed by atoms with Gasteiger partial charge in [0.1, 0.15) is 5.75 Å². The first-order valence-electron chi connectivity index (χ1n) is 8.77. The molecule has 134 valence electrons. The molecule has 0 aromatic heterocycles. The lowest BCUT2D eigenvalue weighted by Gasteiger charge is -2.37. The molecule has 5 heteroatoms. The molecule has 2 atom stereocenters. The van der Waals surface area contributed by atoms with E-state index in [0.717, 1.165) is 37.4 Å². The molecule has 1 saturated heterocycles. The number of carbonyl (C=O) groups excluding carboxylic acids is 1. The fraction of sp³-hybridized carbons (Fsp3) is 0.632. The van der Waals surface area contributed by atoms with E-state index < -0.39 is 0 Å². The molecule has 5 nitrogen and oxygen atoms in total. The van der Waals surface area contributed by atoms with Gasteiger partial charge < -0.3 is 19.7 Å². The van der Waals surface area contributed by atoms with Crippen LogP contribution in [-0.4, -0.2) is 43.7 Å². The Morgan fingerprint density at radius 1 is 1.42 bits per heavy atom. The minimum Gasteiger partial charge on any atom is -0.496 e. The second kappa shape index (κ2) is 9.04. The van der Waals surface area contributed by atoms with Gasteiger partial charge in [-0.3, -0.25) is 4.79 Å². The number of amides is 1. The summed E-state index contributed by atoms with van der Waals surface area (Å²) in [6.45, 7) is 9.61. The average Bonchev–Trinajstić information content (AvgIpc) is 2.58. The van der Waals surface area contributed by atoms with Gasteiger partial charge in [-0.25, -0.2) is 0 Å². The number of nitrogens with zero attached hydrogens (tertiary/aromatic N) is 1. The number of hydrogen-bond acceptors (Lipinski definition) is 4. The average molecular weight is 334 g/mol. The molecule has 0 saturated carbocycles. The van der Waals surface area contributed by atoms with Crippen LogP contribution in [0.5, 0.6) is 5.75 Å². The zero-order valence-corrected chi connectivity index (χ0v) is 15.3. The van der Waals surface area contributed by atoms with Crippen molar-refractivity contribution in [1.82, 2.24) is 10.2 Å². The van der Waals surface area contributed by atoms with Crippen LogP contribution in [-0.2, 0) is 22.7 Å². The molecule has 0 radical (unpaired) electrons. The molecule has 1 fully saturated rings. The lowest BCUT2D eigenvalue weighted by molar-refractivity contribution is -0.130. The van der Waals surface area contributed by atoms with Crippen molar-refractivity contribution >= 4 is 5.91 Å². The highest BCUT2D eigenvalue weighted by molar-refractivity contribution is 5.73. The van der Waals surface area contributed by atoms with Crippen LogP contribution < -0.4 is 10.1 Å². The second-order valence-corrected chi connectivity index (χ2v) is 6.50. The van der Waals surface area contributed by atoms with Gasteiger partial charge in [-0.15, -0.1) is 0 Å². The standard InChI is InChI=1S/C19H30N2O3/c1-5-24-13-17-10-16(6-7-19(17)23-4)11-20-18-8-9-21(15(3)22)12-14(18)2/h6-7,10,14,18,20H,5,8-9,11-13H2,1-4H3/t14-,18+/m0/s1. The molecular formula is C19H30N2O3. The zero-order chi connectivity index (χ0) is 17.5. The number of carbonyl (C=O) groups is 1. The number of likely N-dealkylation sites (tertiary alicyclic amines) is 1. The van der Waals surface area contributed by atoms with Gasteiger partial charge in [0, 0.05) is 44.8 Å². The molecule has 1 aliphatic heterocycles. The highest BCUT2D eigenvalue weighted by Crippen LogP contribution is 2.22. The fourth-order valence-electron chi connectivity index (χ4n) is 3.25. The first kappa shape index (κ1) is 18.7. The Morgan fingerprint density at radius 3 is 2.83 bits per heavy atom. The van der Waals surface area contributed by atoms with Crippen LogP contribution in [0.2, 0.25) is 0 Å². The molecule has 24 heavy (non-hydrogen) atoms. The number of rotatable bonds is 7. The Morgan fingerprint density at radius 2 is 2.21 bits per heavy atom. The molecule has 1 aromatic rings. The number of nitrogens with one attached hydrogen (secondary N) is 1. The predicted molar refractivity (Wildman–Crippen MR) is 95.0 cm³/mol. The van der Waals surface area contributed by atoms with E-state index in [-0.39, 0.29) is 5.91 Å². The number of piperidine rings is 1. The van der Waals surface area contributed by atoms with Gasteiger partial charge in [0.25, 0.3) is 0 Å². The summed E-state index contributed by atoms with van der Waals surface area (Å²) in [6.07, 6.45) is 1.00. The molecule has 1 aliphatic rings. The van der Waals surface area contributed by atoms with E-state index in [1.54, 1.807) is 14.0 Å². The van der Waals surface area contributed by atoms with Crippen molar-refractivity contribution in [3.8, 4) is 5.75 Å². The van der Waals surface area contributed by atoms with Gasteiger partial charge >= 0.3 is 0 Å². The summed E-state index contributed by atoms with van der Waals surface area (Å²) in [5.74, 6) is 1.51. The minimum atomic E-state index is 0.177. The smallest absolute Gasteiger partial charge is 0.219 e. The fourth-order valence-corrected chi connectivity index (χ4v) is 3.25. The van der Waals surface area contributed by atoms with Crippen LogP contribution in [0.15, 0.2) is 18.2 Å². The summed E-state index contributed by atoms with van der Waals surface area (Å²) in [5, 5.41) is 3.65. The van der Waals surface area contributed by atoms with Crippen LogP contribution in [0.3, 0.4) is 0 Å². The molecular weight excluding hydrogens is 304 g/mol. The third-order valence-corrected chi connectivity index (χ3v) is 4.73. The Hall–Kier alpha value is -1.59. The lowest BCUT2D eigenvalue weighted by atomic mass is 9.93. The third kappa shape index (κ3) is 4.95. The van der Waals surface area contributed by atoms with E-state index in [1.807, 2.05) is 17.9 Å². The van der Waals surface area contributed by atoms with E-state index in [2.05, 4.69) is 24.4 Å². The first-order chi connectivity index (χ1) is 11.5. The van der Waals surface area contributed by atoms with E-state index in [0.29, 0.717) is 25.2 Å². The van der Waals surface area contributed by atoms with Gasteiger partial charge in [0.2, 0.25) is 5.91 Å². The van der Waals surface area contributed by atoms with Crippen LogP contribution >= 0.6 is 0 Å². The van der Waals surface area contributed by atoms with Gasteiger partial charge in [-0.1, -0.05) is 13.0 Å². The van der Waals surface area contributed by atoms with Crippen LogP contribution in [0, 0.1) is 5.92 Å². The maximum atomic E-state index is 11.5. The van der Waals surface area contributed by atoms with Gasteiger partial charge in [0.15, 0.2) is 0 Å². The van der Waals surface area contributed by atoms with Gasteiger partial charge in [0.05, 0.1) is 13.7 Å². The highest BCUT2D eigenvalue weighted by atomic mass is 16.5. The van der Waals surface area contributed by atoms with Crippen molar-refractivity contribution in [2.45, 2.75) is 46.4 Å². The van der Waals surface area contributed by atoms with Crippen LogP contribution in [0.1, 0.15) is 38.3 Å². The number of methoxy groups -OCH3 is 1. The Bertz CT molecular complexity index is 547. The molecule has 0 spiro atoms. The maximum absolute atomic E-state index is 11.5. The van der Waals surface area contributed by atoms with Crippen molar-refractivity contribution in [1.29, 1.82) is 0 Å². The Balaban J connectivity index is 1.93. The maximum Gasteiger partial charge on any atom is 0.219 e. The van der Waals surface area contributed by atoms with E-state index in [1.165, 1.54) is 5.56 Å². The summed E-state index contributed by atoms with van der Waals surface area (Å²) >= 11 is 0. The van der Waals surface area contributed by atoms with Crippen molar-refractivity contribution in [3.63, 3.8) is 0 Å². The summed E-state index contributed by atoms with van der Waals surface area (Å²) in [7, 11) is 1.69. The minimum absolute atomic E-state index is 0.177. The Kier molecular flexibility index (Phi) is 7.06. The zero-order valence-electron chi connectivity index (χ0n) is 15.3. The SMILES string of the molecule is CCOCc1cc(CN[C@@H]2CCN(C(C)=O)C[C@@H]2C)ccc1OC. The highest BCUT2D eigenvalue weighted by Gasteiger charge is 2.26. The molecule has 1 aromatic carbocycles. The van der Waals surface area contributed by atoms with Crippen molar-refractivity contribution in [3.05, 3.63) is 29.3 Å². The quantitative estimate of drug-likeness (QED) is 0.833. The number of benzene rings is 1. The van der Waals surface area contributed by atoms with Gasteiger partial charge in [-0.05, 0) is 37.0 Å². The summed E-state index contributed by atoms with van der Waals surface area (Å²) in [5.41, 5.74) is 2.31. The summed E-state index contributed by atoms with van der Waals surface area (Å²) in [4.78, 5) is 13.4. The van der Waals surface area contributed by atoms with E-state index >= 15 is 0 Å². The molecule has 1 N–H and O–H groups in total. The largest absolute Gasteiger partial charge is 0.496 e. The molecule has 1 amide bonds. The summed E-state index contributed by atoms with van der Waals surface area (Å²) < 4.78 is 10.9. The molecule has 2 rings (SSSR count). The molecule has 1 heterocycles. The van der Waals surface area contributed by atoms with Crippen LogP contribution in [0.25, 0.3) is 0 Å². The monoisotopic (exact) mass is 334 g/mol. The third-order valence-electron chi connectivity index (χ3n) is 4.73. The van der Waals surface area contributed by atoms with Crippen molar-refractivity contribution < 1.29 is 14.3 Å². The molecule has 0 bridgehead atoms. The van der Waals surface area contributed by atoms with Gasteiger partial charge in [-0.2, -0.15) is 0 Å².